The summed E-state index contributed by atoms with van der Waals surface area (Å²) in [7, 11) is -4.22. The molecule has 0 unspecified atom stereocenters. The van der Waals surface area contributed by atoms with E-state index in [4.69, 9.17) is 4.18 Å². The number of halogens is 1. The molecule has 0 saturated heterocycles. The number of benzene rings is 2. The van der Waals surface area contributed by atoms with Crippen molar-refractivity contribution < 1.29 is 22.3 Å². The summed E-state index contributed by atoms with van der Waals surface area (Å²) < 4.78 is 29.9. The number of rotatable bonds is 7. The number of non-ortho nitro benzene ring substituents is 1. The Morgan fingerprint density at radius 1 is 1.20 bits per heavy atom. The number of carbonyl (C=O) groups excluding carboxylic acids is 1. The van der Waals surface area contributed by atoms with Crippen molar-refractivity contribution in [2.24, 2.45) is 0 Å². The van der Waals surface area contributed by atoms with E-state index in [-0.39, 0.29) is 26.6 Å². The van der Waals surface area contributed by atoms with E-state index in [1.807, 2.05) is 0 Å². The topological polar surface area (TPSA) is 104 Å². The second-order valence-electron chi connectivity index (χ2n) is 5.29. The van der Waals surface area contributed by atoms with Crippen LogP contribution in [0.4, 0.5) is 5.69 Å². The van der Waals surface area contributed by atoms with Crippen LogP contribution in [0, 0.1) is 10.1 Å². The first-order chi connectivity index (χ1) is 11.7. The second-order valence-corrected chi connectivity index (χ2v) is 7.75. The Hall–Kier alpha value is -2.26. The molecule has 0 fully saturated rings. The second kappa shape index (κ2) is 7.75. The predicted octanol–water partition coefficient (Wildman–Crippen LogP) is 3.65. The van der Waals surface area contributed by atoms with Crippen LogP contribution in [0.2, 0.25) is 0 Å². The van der Waals surface area contributed by atoms with Crippen molar-refractivity contribution in [3.63, 3.8) is 0 Å². The molecule has 132 valence electrons. The largest absolute Gasteiger partial charge is 0.379 e. The predicted molar refractivity (Wildman–Crippen MR) is 94.1 cm³/mol. The Labute approximate surface area is 153 Å². The molecule has 0 N–H and O–H groups in total. The summed E-state index contributed by atoms with van der Waals surface area (Å²) in [6.07, 6.45) is 0.959. The van der Waals surface area contributed by atoms with E-state index in [1.54, 1.807) is 12.1 Å². The highest BCUT2D eigenvalue weighted by atomic mass is 79.9. The molecule has 2 aromatic carbocycles. The molecule has 0 aliphatic carbocycles. The SMILES string of the molecule is CC(=O)CCc1ccc(OS(=O)(=O)c2cc(Br)cc([N+](=O)[O-])c2)cc1. The molecule has 0 saturated carbocycles. The average molecular weight is 428 g/mol. The number of carbonyl (C=O) groups is 1. The summed E-state index contributed by atoms with van der Waals surface area (Å²) in [4.78, 5) is 20.8. The number of hydrogen-bond donors (Lipinski definition) is 0. The first-order valence-electron chi connectivity index (χ1n) is 7.15. The van der Waals surface area contributed by atoms with Crippen LogP contribution in [0.1, 0.15) is 18.9 Å². The number of nitro benzene ring substituents is 1. The van der Waals surface area contributed by atoms with E-state index < -0.39 is 15.0 Å². The van der Waals surface area contributed by atoms with Crippen molar-refractivity contribution in [1.29, 1.82) is 0 Å². The zero-order valence-electron chi connectivity index (χ0n) is 13.1. The van der Waals surface area contributed by atoms with E-state index in [0.717, 1.165) is 11.6 Å². The first kappa shape index (κ1) is 19.1. The van der Waals surface area contributed by atoms with Crippen LogP contribution in [0.15, 0.2) is 51.8 Å². The van der Waals surface area contributed by atoms with Crippen molar-refractivity contribution >= 4 is 37.5 Å². The van der Waals surface area contributed by atoms with Gasteiger partial charge in [-0.15, -0.1) is 0 Å². The monoisotopic (exact) mass is 427 g/mol. The molecule has 7 nitrogen and oxygen atoms in total. The van der Waals surface area contributed by atoms with Gasteiger partial charge in [-0.05, 0) is 37.1 Å². The van der Waals surface area contributed by atoms with Gasteiger partial charge >= 0.3 is 10.1 Å². The Morgan fingerprint density at radius 2 is 1.84 bits per heavy atom. The summed E-state index contributed by atoms with van der Waals surface area (Å²) in [5.41, 5.74) is 0.508. The molecule has 0 aromatic heterocycles. The molecule has 0 bridgehead atoms. The maximum atomic E-state index is 12.3. The van der Waals surface area contributed by atoms with Crippen molar-refractivity contribution in [1.82, 2.24) is 0 Å². The molecule has 2 aromatic rings. The summed E-state index contributed by atoms with van der Waals surface area (Å²) in [5.74, 6) is 0.147. The summed E-state index contributed by atoms with van der Waals surface area (Å²) in [6.45, 7) is 1.50. The van der Waals surface area contributed by atoms with Crippen molar-refractivity contribution in [2.75, 3.05) is 0 Å². The van der Waals surface area contributed by atoms with Gasteiger partial charge < -0.3 is 8.98 Å². The quantitative estimate of drug-likeness (QED) is 0.379. The minimum Gasteiger partial charge on any atom is -0.379 e. The first-order valence-corrected chi connectivity index (χ1v) is 9.35. The van der Waals surface area contributed by atoms with E-state index in [1.165, 1.54) is 31.2 Å². The van der Waals surface area contributed by atoms with Crippen molar-refractivity contribution in [2.45, 2.75) is 24.7 Å². The van der Waals surface area contributed by atoms with E-state index in [2.05, 4.69) is 15.9 Å². The summed E-state index contributed by atoms with van der Waals surface area (Å²) in [5, 5.41) is 10.9. The fourth-order valence-corrected chi connectivity index (χ4v) is 3.63. The lowest BCUT2D eigenvalue weighted by atomic mass is 10.1. The average Bonchev–Trinajstić information content (AvgIpc) is 2.53. The molecule has 2 rings (SSSR count). The zero-order valence-corrected chi connectivity index (χ0v) is 15.5. The highest BCUT2D eigenvalue weighted by Gasteiger charge is 2.21. The van der Waals surface area contributed by atoms with Gasteiger partial charge in [0.15, 0.2) is 0 Å². The maximum Gasteiger partial charge on any atom is 0.339 e. The Bertz CT molecular complexity index is 909. The maximum absolute atomic E-state index is 12.3. The highest BCUT2D eigenvalue weighted by Crippen LogP contribution is 2.26. The van der Waals surface area contributed by atoms with Gasteiger partial charge in [-0.3, -0.25) is 10.1 Å². The molecular formula is C16H14BrNO6S. The number of hydrogen-bond acceptors (Lipinski definition) is 6. The van der Waals surface area contributed by atoms with Gasteiger partial charge in [0.2, 0.25) is 0 Å². The standard InChI is InChI=1S/C16H14BrNO6S/c1-11(19)2-3-12-4-6-15(7-5-12)24-25(22,23)16-9-13(17)8-14(10-16)18(20)21/h4-10H,2-3H2,1H3. The van der Waals surface area contributed by atoms with Gasteiger partial charge in [0.25, 0.3) is 5.69 Å². The molecular weight excluding hydrogens is 414 g/mol. The Kier molecular flexibility index (Phi) is 5.91. The van der Waals surface area contributed by atoms with Crippen LogP contribution in [0.3, 0.4) is 0 Å². The zero-order chi connectivity index (χ0) is 18.6. The molecule has 0 heterocycles. The van der Waals surface area contributed by atoms with Crippen molar-refractivity contribution in [3.8, 4) is 5.75 Å². The van der Waals surface area contributed by atoms with Gasteiger partial charge in [0.1, 0.15) is 16.4 Å². The van der Waals surface area contributed by atoms with E-state index in [0.29, 0.717) is 12.8 Å². The smallest absolute Gasteiger partial charge is 0.339 e. The lowest BCUT2D eigenvalue weighted by molar-refractivity contribution is -0.385. The van der Waals surface area contributed by atoms with Crippen LogP contribution in [0.5, 0.6) is 5.75 Å². The minimum absolute atomic E-state index is 0.0687. The Morgan fingerprint density at radius 3 is 2.40 bits per heavy atom. The normalized spacial score (nSPS) is 11.1. The number of nitrogens with zero attached hydrogens (tertiary/aromatic N) is 1. The summed E-state index contributed by atoms with van der Waals surface area (Å²) in [6, 6.07) is 9.63. The van der Waals surface area contributed by atoms with E-state index >= 15 is 0 Å². The number of aryl methyl sites for hydroxylation is 1. The highest BCUT2D eigenvalue weighted by molar-refractivity contribution is 9.10. The van der Waals surface area contributed by atoms with Crippen LogP contribution >= 0.6 is 15.9 Å². The van der Waals surface area contributed by atoms with Gasteiger partial charge in [0.05, 0.1) is 4.92 Å². The third-order valence-electron chi connectivity index (χ3n) is 3.25. The fraction of sp³-hybridized carbons (Fsp3) is 0.188. The number of ketones is 1. The van der Waals surface area contributed by atoms with Crippen LogP contribution < -0.4 is 4.18 Å². The lowest BCUT2D eigenvalue weighted by Gasteiger charge is -2.08. The number of nitro groups is 1. The van der Waals surface area contributed by atoms with Gasteiger partial charge in [0, 0.05) is 23.0 Å². The van der Waals surface area contributed by atoms with Crippen molar-refractivity contribution in [3.05, 3.63) is 62.6 Å². The molecule has 0 amide bonds. The lowest BCUT2D eigenvalue weighted by Crippen LogP contribution is -2.10. The van der Waals surface area contributed by atoms with Crippen LogP contribution in [0.25, 0.3) is 0 Å². The summed E-state index contributed by atoms with van der Waals surface area (Å²) >= 11 is 3.05. The van der Waals surface area contributed by atoms with Gasteiger partial charge in [-0.2, -0.15) is 8.42 Å². The molecule has 0 aliphatic rings. The van der Waals surface area contributed by atoms with Gasteiger partial charge in [-0.25, -0.2) is 0 Å². The molecule has 0 aliphatic heterocycles. The Balaban J connectivity index is 2.21. The fourth-order valence-electron chi connectivity index (χ4n) is 2.00. The minimum atomic E-state index is -4.22. The third-order valence-corrected chi connectivity index (χ3v) is 4.93. The molecule has 0 radical (unpaired) electrons. The molecule has 9 heteroatoms. The van der Waals surface area contributed by atoms with Gasteiger partial charge in [-0.1, -0.05) is 28.1 Å². The van der Waals surface area contributed by atoms with Crippen LogP contribution in [-0.2, 0) is 21.3 Å². The third kappa shape index (κ3) is 5.36. The number of Topliss-reactive ketones (excluding diaryl/α,β-unsaturated/α-hetero) is 1. The molecule has 0 spiro atoms. The van der Waals surface area contributed by atoms with Crippen LogP contribution in [-0.4, -0.2) is 19.1 Å². The molecule has 0 atom stereocenters. The van der Waals surface area contributed by atoms with E-state index in [9.17, 15) is 23.3 Å². The molecule has 25 heavy (non-hydrogen) atoms.